The molecule has 25 heavy (non-hydrogen) atoms. The fourth-order valence-corrected chi connectivity index (χ4v) is 3.28. The van der Waals surface area contributed by atoms with E-state index in [0.29, 0.717) is 18.7 Å². The van der Waals surface area contributed by atoms with Crippen LogP contribution in [-0.4, -0.2) is 37.4 Å². The topological polar surface area (TPSA) is 45.5 Å². The highest BCUT2D eigenvalue weighted by molar-refractivity contribution is 6.76. The molecule has 0 radical (unpaired) electrons. The Kier molecular flexibility index (Phi) is 5.49. The molecule has 0 bridgehead atoms. The normalized spacial score (nSPS) is 14.6. The summed E-state index contributed by atoms with van der Waals surface area (Å²) in [6, 6.07) is 5.15. The first-order valence-electron chi connectivity index (χ1n) is 8.90. The van der Waals surface area contributed by atoms with Gasteiger partial charge < -0.3 is 18.8 Å². The van der Waals surface area contributed by atoms with Gasteiger partial charge in [0, 0.05) is 38.8 Å². The van der Waals surface area contributed by atoms with E-state index in [-0.39, 0.29) is 0 Å². The Labute approximate surface area is 150 Å². The lowest BCUT2D eigenvalue weighted by atomic mass is 10.1. The van der Waals surface area contributed by atoms with Crippen molar-refractivity contribution in [2.75, 3.05) is 13.7 Å². The van der Waals surface area contributed by atoms with Crippen molar-refractivity contribution >= 4 is 8.07 Å². The monoisotopic (exact) mass is 360 g/mol. The molecule has 1 fully saturated rings. The second kappa shape index (κ2) is 7.62. The summed E-state index contributed by atoms with van der Waals surface area (Å²) in [5.74, 6) is 1.43. The van der Waals surface area contributed by atoms with E-state index in [1.165, 1.54) is 6.04 Å². The van der Waals surface area contributed by atoms with E-state index in [4.69, 9.17) is 14.2 Å². The molecule has 0 saturated heterocycles. The lowest BCUT2D eigenvalue weighted by Crippen LogP contribution is -2.21. The standard InChI is InChI=1S/C19H28N2O3Si/c1-22-19-18(17(7-9-20-19)24-16-5-6-16)15-8-10-21(13-15)14-23-11-12-25(2,3)4/h7-10,13,16H,5-6,11-12,14H2,1-4H3. The predicted octanol–water partition coefficient (Wildman–Crippen LogP) is 4.41. The molecule has 0 spiro atoms. The summed E-state index contributed by atoms with van der Waals surface area (Å²) in [6.07, 6.45) is 8.39. The van der Waals surface area contributed by atoms with Crippen molar-refractivity contribution in [3.63, 3.8) is 0 Å². The third-order valence-corrected chi connectivity index (χ3v) is 5.87. The molecule has 1 aliphatic carbocycles. The molecule has 0 unspecified atom stereocenters. The molecule has 0 aliphatic heterocycles. The minimum atomic E-state index is -1.05. The second-order valence-corrected chi connectivity index (χ2v) is 13.4. The largest absolute Gasteiger partial charge is 0.490 e. The van der Waals surface area contributed by atoms with Gasteiger partial charge in [-0.25, -0.2) is 4.98 Å². The number of hydrogen-bond donors (Lipinski definition) is 0. The number of methoxy groups -OCH3 is 1. The molecule has 3 rings (SSSR count). The Balaban J connectivity index is 1.70. The fraction of sp³-hybridized carbons (Fsp3) is 0.526. The van der Waals surface area contributed by atoms with Crippen LogP contribution in [0.5, 0.6) is 11.6 Å². The summed E-state index contributed by atoms with van der Waals surface area (Å²) in [5, 5.41) is 0. The van der Waals surface area contributed by atoms with Crippen LogP contribution in [0.25, 0.3) is 11.1 Å². The Hall–Kier alpha value is -1.79. The van der Waals surface area contributed by atoms with Crippen molar-refractivity contribution in [2.45, 2.75) is 51.4 Å². The van der Waals surface area contributed by atoms with Crippen LogP contribution in [0.4, 0.5) is 0 Å². The third kappa shape index (κ3) is 5.09. The summed E-state index contributed by atoms with van der Waals surface area (Å²) in [4.78, 5) is 4.34. The van der Waals surface area contributed by atoms with Gasteiger partial charge in [0.25, 0.3) is 0 Å². The van der Waals surface area contributed by atoms with Gasteiger partial charge in [-0.05, 0) is 31.0 Å². The Morgan fingerprint density at radius 2 is 2.04 bits per heavy atom. The Morgan fingerprint density at radius 3 is 2.72 bits per heavy atom. The Bertz CT molecular complexity index is 705. The Morgan fingerprint density at radius 1 is 1.24 bits per heavy atom. The number of rotatable bonds is 9. The molecule has 2 heterocycles. The van der Waals surface area contributed by atoms with Crippen LogP contribution in [0, 0.1) is 0 Å². The first kappa shape index (κ1) is 18.0. The first-order chi connectivity index (χ1) is 12.0. The summed E-state index contributed by atoms with van der Waals surface area (Å²) < 4.78 is 19.4. The van der Waals surface area contributed by atoms with Crippen LogP contribution in [0.2, 0.25) is 25.7 Å². The van der Waals surface area contributed by atoms with Crippen LogP contribution in [0.15, 0.2) is 30.7 Å². The van der Waals surface area contributed by atoms with E-state index in [0.717, 1.165) is 36.3 Å². The smallest absolute Gasteiger partial charge is 0.224 e. The van der Waals surface area contributed by atoms with E-state index in [9.17, 15) is 0 Å². The second-order valence-electron chi connectivity index (χ2n) is 7.77. The van der Waals surface area contributed by atoms with E-state index >= 15 is 0 Å². The molecular formula is C19H28N2O3Si. The lowest BCUT2D eigenvalue weighted by molar-refractivity contribution is 0.0875. The van der Waals surface area contributed by atoms with Gasteiger partial charge in [0.1, 0.15) is 12.5 Å². The summed E-state index contributed by atoms with van der Waals surface area (Å²) in [5.41, 5.74) is 1.95. The van der Waals surface area contributed by atoms with Crippen LogP contribution in [0.1, 0.15) is 12.8 Å². The third-order valence-electron chi connectivity index (χ3n) is 4.17. The summed E-state index contributed by atoms with van der Waals surface area (Å²) in [7, 11) is 0.594. The van der Waals surface area contributed by atoms with Gasteiger partial charge in [-0.1, -0.05) is 19.6 Å². The van der Waals surface area contributed by atoms with Gasteiger partial charge in [-0.2, -0.15) is 0 Å². The zero-order valence-corrected chi connectivity index (χ0v) is 16.6. The zero-order valence-electron chi connectivity index (χ0n) is 15.6. The number of nitrogens with zero attached hydrogens (tertiary/aromatic N) is 2. The van der Waals surface area contributed by atoms with E-state index in [2.05, 4.69) is 36.9 Å². The molecule has 0 atom stereocenters. The molecule has 136 valence electrons. The predicted molar refractivity (Wildman–Crippen MR) is 102 cm³/mol. The molecular weight excluding hydrogens is 332 g/mol. The van der Waals surface area contributed by atoms with Crippen molar-refractivity contribution in [2.24, 2.45) is 0 Å². The van der Waals surface area contributed by atoms with Crippen LogP contribution in [-0.2, 0) is 11.5 Å². The van der Waals surface area contributed by atoms with Gasteiger partial charge in [-0.3, -0.25) is 0 Å². The van der Waals surface area contributed by atoms with Crippen molar-refractivity contribution in [3.8, 4) is 22.8 Å². The van der Waals surface area contributed by atoms with Crippen LogP contribution < -0.4 is 9.47 Å². The van der Waals surface area contributed by atoms with E-state index in [1.54, 1.807) is 13.3 Å². The minimum Gasteiger partial charge on any atom is -0.490 e. The van der Waals surface area contributed by atoms with Gasteiger partial charge in [0.15, 0.2) is 0 Å². The maximum Gasteiger partial charge on any atom is 0.224 e. The van der Waals surface area contributed by atoms with Gasteiger partial charge in [0.2, 0.25) is 5.88 Å². The lowest BCUT2D eigenvalue weighted by Gasteiger charge is -2.15. The van der Waals surface area contributed by atoms with Gasteiger partial charge in [-0.15, -0.1) is 0 Å². The number of hydrogen-bond acceptors (Lipinski definition) is 4. The fourth-order valence-electron chi connectivity index (χ4n) is 2.53. The first-order valence-corrected chi connectivity index (χ1v) is 12.6. The average molecular weight is 361 g/mol. The highest BCUT2D eigenvalue weighted by atomic mass is 28.3. The van der Waals surface area contributed by atoms with Gasteiger partial charge >= 0.3 is 0 Å². The average Bonchev–Trinajstić information content (AvgIpc) is 3.25. The molecule has 5 nitrogen and oxygen atoms in total. The van der Waals surface area contributed by atoms with Crippen molar-refractivity contribution in [1.82, 2.24) is 9.55 Å². The molecule has 2 aromatic rings. The molecule has 0 aromatic carbocycles. The zero-order chi connectivity index (χ0) is 17.9. The highest BCUT2D eigenvalue weighted by Crippen LogP contribution is 2.39. The van der Waals surface area contributed by atoms with Gasteiger partial charge in [0.05, 0.1) is 18.8 Å². The molecule has 0 N–H and O–H groups in total. The van der Waals surface area contributed by atoms with Crippen LogP contribution in [0.3, 0.4) is 0 Å². The number of pyridine rings is 1. The number of aromatic nitrogens is 2. The van der Waals surface area contributed by atoms with Crippen LogP contribution >= 0.6 is 0 Å². The molecule has 0 amide bonds. The summed E-state index contributed by atoms with van der Waals surface area (Å²) >= 11 is 0. The molecule has 1 saturated carbocycles. The maximum atomic E-state index is 6.04. The van der Waals surface area contributed by atoms with Crippen molar-refractivity contribution < 1.29 is 14.2 Å². The minimum absolute atomic E-state index is 0.331. The maximum absolute atomic E-state index is 6.04. The highest BCUT2D eigenvalue weighted by Gasteiger charge is 2.26. The van der Waals surface area contributed by atoms with Crippen molar-refractivity contribution in [1.29, 1.82) is 0 Å². The quantitative estimate of drug-likeness (QED) is 0.491. The molecule has 6 heteroatoms. The summed E-state index contributed by atoms with van der Waals surface area (Å²) in [6.45, 7) is 8.46. The van der Waals surface area contributed by atoms with E-state index in [1.807, 2.05) is 16.8 Å². The SMILES string of the molecule is COc1nccc(OC2CC2)c1-c1ccn(COCC[Si](C)(C)C)c1. The van der Waals surface area contributed by atoms with E-state index < -0.39 is 8.07 Å². The molecule has 1 aliphatic rings. The van der Waals surface area contributed by atoms with Crippen molar-refractivity contribution in [3.05, 3.63) is 30.7 Å². The number of ether oxygens (including phenoxy) is 3. The molecule has 2 aromatic heterocycles.